The minimum absolute atomic E-state index is 0.0461. The predicted molar refractivity (Wildman–Crippen MR) is 87.3 cm³/mol. The Labute approximate surface area is 131 Å². The maximum atomic E-state index is 12.3. The Bertz CT molecular complexity index is 840. The molecule has 1 amide bonds. The van der Waals surface area contributed by atoms with Crippen LogP contribution in [0.15, 0.2) is 52.9 Å². The van der Waals surface area contributed by atoms with E-state index in [4.69, 9.17) is 0 Å². The summed E-state index contributed by atoms with van der Waals surface area (Å²) in [6.07, 6.45) is 2.24. The topological polar surface area (TPSA) is 64.0 Å². The molecule has 2 aromatic heterocycles. The van der Waals surface area contributed by atoms with Crippen LogP contribution >= 0.6 is 11.3 Å². The summed E-state index contributed by atoms with van der Waals surface area (Å²) in [6, 6.07) is 10.9. The van der Waals surface area contributed by atoms with Crippen molar-refractivity contribution in [2.24, 2.45) is 0 Å². The van der Waals surface area contributed by atoms with Crippen molar-refractivity contribution in [2.75, 3.05) is 6.54 Å². The van der Waals surface area contributed by atoms with Gasteiger partial charge in [-0.25, -0.2) is 4.98 Å². The molecule has 112 valence electrons. The van der Waals surface area contributed by atoms with Gasteiger partial charge in [-0.15, -0.1) is 11.3 Å². The van der Waals surface area contributed by atoms with Crippen LogP contribution in [0, 0.1) is 0 Å². The van der Waals surface area contributed by atoms with Crippen LogP contribution in [-0.4, -0.2) is 22.0 Å². The van der Waals surface area contributed by atoms with E-state index in [2.05, 4.69) is 10.3 Å². The van der Waals surface area contributed by atoms with Gasteiger partial charge in [0.05, 0.1) is 22.1 Å². The van der Waals surface area contributed by atoms with Gasteiger partial charge in [0.2, 0.25) is 0 Å². The third-order valence-electron chi connectivity index (χ3n) is 3.34. The summed E-state index contributed by atoms with van der Waals surface area (Å²) in [4.78, 5) is 29.0. The third kappa shape index (κ3) is 3.07. The Morgan fingerprint density at radius 3 is 2.91 bits per heavy atom. The average Bonchev–Trinajstić information content (AvgIpc) is 3.08. The number of para-hydroxylation sites is 1. The summed E-state index contributed by atoms with van der Waals surface area (Å²) < 4.78 is 1.58. The number of thiophene rings is 1. The minimum atomic E-state index is -0.0704. The summed E-state index contributed by atoms with van der Waals surface area (Å²) in [5.41, 5.74) is 0.657. The highest BCUT2D eigenvalue weighted by molar-refractivity contribution is 7.12. The fourth-order valence-corrected chi connectivity index (χ4v) is 2.85. The molecule has 0 saturated heterocycles. The van der Waals surface area contributed by atoms with E-state index in [0.717, 1.165) is 0 Å². The van der Waals surface area contributed by atoms with E-state index in [1.54, 1.807) is 23.0 Å². The fraction of sp³-hybridized carbons (Fsp3) is 0.188. The largest absolute Gasteiger partial charge is 0.351 e. The number of fused-ring (bicyclic) bond motifs is 1. The second-order valence-electron chi connectivity index (χ2n) is 4.85. The van der Waals surface area contributed by atoms with Crippen LogP contribution in [-0.2, 0) is 6.54 Å². The molecular formula is C16H15N3O2S. The number of hydrogen-bond acceptors (Lipinski definition) is 4. The SMILES string of the molecule is O=C(NCCCn1cnc2ccccc2c1=O)c1cccs1. The number of nitrogens with zero attached hydrogens (tertiary/aromatic N) is 2. The van der Waals surface area contributed by atoms with Crippen LogP contribution in [0.4, 0.5) is 0 Å². The van der Waals surface area contributed by atoms with Crippen molar-refractivity contribution in [3.63, 3.8) is 0 Å². The first-order valence-corrected chi connectivity index (χ1v) is 7.89. The second-order valence-corrected chi connectivity index (χ2v) is 5.79. The van der Waals surface area contributed by atoms with Gasteiger partial charge in [-0.3, -0.25) is 14.2 Å². The standard InChI is InChI=1S/C16H15N3O2S/c20-15(14-7-3-10-22-14)17-8-4-9-19-11-18-13-6-2-1-5-12(13)16(19)21/h1-3,5-7,10-11H,4,8-9H2,(H,17,20). The molecule has 0 unspecified atom stereocenters. The molecule has 0 atom stereocenters. The first-order valence-electron chi connectivity index (χ1n) is 7.01. The molecule has 3 rings (SSSR count). The van der Waals surface area contributed by atoms with Crippen LogP contribution in [0.25, 0.3) is 10.9 Å². The van der Waals surface area contributed by atoms with Gasteiger partial charge in [-0.1, -0.05) is 18.2 Å². The molecule has 0 aliphatic carbocycles. The van der Waals surface area contributed by atoms with Gasteiger partial charge in [0.25, 0.3) is 11.5 Å². The van der Waals surface area contributed by atoms with Gasteiger partial charge < -0.3 is 5.32 Å². The van der Waals surface area contributed by atoms with E-state index >= 15 is 0 Å². The average molecular weight is 313 g/mol. The molecule has 1 aromatic carbocycles. The number of rotatable bonds is 5. The smallest absolute Gasteiger partial charge is 0.261 e. The van der Waals surface area contributed by atoms with Crippen molar-refractivity contribution in [3.8, 4) is 0 Å². The molecule has 0 radical (unpaired) electrons. The lowest BCUT2D eigenvalue weighted by Gasteiger charge is -2.07. The number of carbonyl (C=O) groups excluding carboxylic acids is 1. The fourth-order valence-electron chi connectivity index (χ4n) is 2.21. The van der Waals surface area contributed by atoms with Gasteiger partial charge in [0.15, 0.2) is 0 Å². The lowest BCUT2D eigenvalue weighted by Crippen LogP contribution is -2.26. The van der Waals surface area contributed by atoms with E-state index in [-0.39, 0.29) is 11.5 Å². The number of hydrogen-bond donors (Lipinski definition) is 1. The summed E-state index contributed by atoms with van der Waals surface area (Å²) in [5.74, 6) is -0.0704. The first kappa shape index (κ1) is 14.5. The van der Waals surface area contributed by atoms with Crippen molar-refractivity contribution in [1.29, 1.82) is 0 Å². The Kier molecular flexibility index (Phi) is 4.29. The highest BCUT2D eigenvalue weighted by atomic mass is 32.1. The minimum Gasteiger partial charge on any atom is -0.351 e. The Morgan fingerprint density at radius 2 is 2.09 bits per heavy atom. The molecule has 3 aromatic rings. The number of nitrogens with one attached hydrogen (secondary N) is 1. The maximum absolute atomic E-state index is 12.3. The van der Waals surface area contributed by atoms with Crippen molar-refractivity contribution < 1.29 is 4.79 Å². The molecule has 22 heavy (non-hydrogen) atoms. The normalized spacial score (nSPS) is 10.7. The molecule has 6 heteroatoms. The van der Waals surface area contributed by atoms with Crippen LogP contribution in [0.5, 0.6) is 0 Å². The number of aromatic nitrogens is 2. The number of amides is 1. The van der Waals surface area contributed by atoms with E-state index in [0.29, 0.717) is 35.3 Å². The zero-order chi connectivity index (χ0) is 15.4. The number of carbonyl (C=O) groups is 1. The zero-order valence-corrected chi connectivity index (χ0v) is 12.7. The van der Waals surface area contributed by atoms with E-state index in [9.17, 15) is 9.59 Å². The summed E-state index contributed by atoms with van der Waals surface area (Å²) in [5, 5.41) is 5.34. The van der Waals surface area contributed by atoms with Gasteiger partial charge in [-0.05, 0) is 30.0 Å². The van der Waals surface area contributed by atoms with Gasteiger partial charge >= 0.3 is 0 Å². The molecule has 0 aliphatic heterocycles. The quantitative estimate of drug-likeness (QED) is 0.735. The Hall–Kier alpha value is -2.47. The lowest BCUT2D eigenvalue weighted by atomic mass is 10.2. The summed E-state index contributed by atoms with van der Waals surface area (Å²) in [7, 11) is 0. The Morgan fingerprint density at radius 1 is 1.23 bits per heavy atom. The first-order chi connectivity index (χ1) is 10.8. The molecule has 0 spiro atoms. The molecule has 0 bridgehead atoms. The molecule has 0 aliphatic rings. The van der Waals surface area contributed by atoms with Crippen LogP contribution < -0.4 is 10.9 Å². The maximum Gasteiger partial charge on any atom is 0.261 e. The van der Waals surface area contributed by atoms with Crippen molar-refractivity contribution in [2.45, 2.75) is 13.0 Å². The van der Waals surface area contributed by atoms with Gasteiger partial charge in [-0.2, -0.15) is 0 Å². The molecule has 0 saturated carbocycles. The number of benzene rings is 1. The van der Waals surface area contributed by atoms with Gasteiger partial charge in [0, 0.05) is 13.1 Å². The van der Waals surface area contributed by atoms with Crippen LogP contribution in [0.3, 0.4) is 0 Å². The van der Waals surface area contributed by atoms with Crippen LogP contribution in [0.2, 0.25) is 0 Å². The van der Waals surface area contributed by atoms with Crippen molar-refractivity contribution in [3.05, 3.63) is 63.3 Å². The van der Waals surface area contributed by atoms with Gasteiger partial charge in [0.1, 0.15) is 0 Å². The summed E-state index contributed by atoms with van der Waals surface area (Å²) in [6.45, 7) is 1.05. The van der Waals surface area contributed by atoms with E-state index in [1.165, 1.54) is 11.3 Å². The summed E-state index contributed by atoms with van der Waals surface area (Å²) >= 11 is 1.41. The molecule has 5 nitrogen and oxygen atoms in total. The predicted octanol–water partition coefficient (Wildman–Crippen LogP) is 2.28. The molecule has 1 N–H and O–H groups in total. The zero-order valence-electron chi connectivity index (χ0n) is 11.9. The molecular weight excluding hydrogens is 298 g/mol. The lowest BCUT2D eigenvalue weighted by molar-refractivity contribution is 0.0957. The Balaban J connectivity index is 1.59. The van der Waals surface area contributed by atoms with E-state index < -0.39 is 0 Å². The van der Waals surface area contributed by atoms with E-state index in [1.807, 2.05) is 29.6 Å². The highest BCUT2D eigenvalue weighted by Gasteiger charge is 2.06. The third-order valence-corrected chi connectivity index (χ3v) is 4.21. The monoisotopic (exact) mass is 313 g/mol. The molecule has 2 heterocycles. The van der Waals surface area contributed by atoms with Crippen molar-refractivity contribution >= 4 is 28.1 Å². The highest BCUT2D eigenvalue weighted by Crippen LogP contribution is 2.07. The second kappa shape index (κ2) is 6.53. The molecule has 0 fully saturated rings. The number of aryl methyl sites for hydroxylation is 1. The van der Waals surface area contributed by atoms with Crippen LogP contribution in [0.1, 0.15) is 16.1 Å². The van der Waals surface area contributed by atoms with Crippen molar-refractivity contribution in [1.82, 2.24) is 14.9 Å².